The number of rotatable bonds is 7. The van der Waals surface area contributed by atoms with Crippen LogP contribution in [-0.2, 0) is 15.9 Å². The predicted octanol–water partition coefficient (Wildman–Crippen LogP) is 3.41. The van der Waals surface area contributed by atoms with Gasteiger partial charge in [0.2, 0.25) is 0 Å². The average molecular weight is 338 g/mol. The van der Waals surface area contributed by atoms with Gasteiger partial charge in [-0.15, -0.1) is 0 Å². The van der Waals surface area contributed by atoms with Crippen molar-refractivity contribution in [2.75, 3.05) is 13.2 Å². The molecule has 0 aromatic heterocycles. The van der Waals surface area contributed by atoms with Gasteiger partial charge in [0.1, 0.15) is 6.10 Å². The number of benzene rings is 1. The SMILES string of the molecule is CCOC(OCC)C(O)Cc1ccc(Br)cc1Cl. The second kappa shape index (κ2) is 8.12. The van der Waals surface area contributed by atoms with Gasteiger partial charge in [-0.05, 0) is 31.5 Å². The summed E-state index contributed by atoms with van der Waals surface area (Å²) in [4.78, 5) is 0. The quantitative estimate of drug-likeness (QED) is 0.775. The maximum atomic E-state index is 10.1. The molecule has 1 N–H and O–H groups in total. The summed E-state index contributed by atoms with van der Waals surface area (Å²) in [5.41, 5.74) is 0.872. The molecule has 0 amide bonds. The Hall–Kier alpha value is -0.130. The second-order valence-electron chi connectivity index (χ2n) is 3.79. The van der Waals surface area contributed by atoms with Crippen molar-refractivity contribution >= 4 is 27.5 Å². The molecular formula is C13H18BrClO3. The molecule has 1 aromatic rings. The smallest absolute Gasteiger partial charge is 0.183 e. The van der Waals surface area contributed by atoms with Gasteiger partial charge in [0, 0.05) is 29.1 Å². The van der Waals surface area contributed by atoms with Crippen LogP contribution in [0.3, 0.4) is 0 Å². The van der Waals surface area contributed by atoms with E-state index in [1.54, 1.807) is 6.07 Å². The first-order valence-electron chi connectivity index (χ1n) is 5.93. The van der Waals surface area contributed by atoms with Crippen molar-refractivity contribution in [2.24, 2.45) is 0 Å². The molecule has 1 atom stereocenters. The van der Waals surface area contributed by atoms with Gasteiger partial charge in [-0.25, -0.2) is 0 Å². The van der Waals surface area contributed by atoms with Crippen molar-refractivity contribution in [3.05, 3.63) is 33.3 Å². The summed E-state index contributed by atoms with van der Waals surface area (Å²) in [5, 5.41) is 10.7. The van der Waals surface area contributed by atoms with E-state index in [9.17, 15) is 5.11 Å². The van der Waals surface area contributed by atoms with E-state index < -0.39 is 12.4 Å². The van der Waals surface area contributed by atoms with Crippen LogP contribution in [-0.4, -0.2) is 30.7 Å². The number of hydrogen-bond acceptors (Lipinski definition) is 3. The Labute approximate surface area is 121 Å². The lowest BCUT2D eigenvalue weighted by atomic mass is 10.1. The summed E-state index contributed by atoms with van der Waals surface area (Å²) in [7, 11) is 0. The molecule has 0 spiro atoms. The first-order chi connectivity index (χ1) is 8.58. The van der Waals surface area contributed by atoms with Crippen molar-refractivity contribution in [3.8, 4) is 0 Å². The largest absolute Gasteiger partial charge is 0.387 e. The van der Waals surface area contributed by atoms with Crippen LogP contribution in [0.15, 0.2) is 22.7 Å². The summed E-state index contributed by atoms with van der Waals surface area (Å²) in [6.07, 6.45) is -0.945. The van der Waals surface area contributed by atoms with E-state index in [1.807, 2.05) is 26.0 Å². The molecule has 0 saturated carbocycles. The first-order valence-corrected chi connectivity index (χ1v) is 7.10. The Kier molecular flexibility index (Phi) is 7.19. The summed E-state index contributed by atoms with van der Waals surface area (Å²) < 4.78 is 11.6. The lowest BCUT2D eigenvalue weighted by molar-refractivity contribution is -0.188. The third-order valence-electron chi connectivity index (χ3n) is 2.42. The van der Waals surface area contributed by atoms with E-state index in [2.05, 4.69) is 15.9 Å². The van der Waals surface area contributed by atoms with Crippen LogP contribution in [0.25, 0.3) is 0 Å². The molecule has 0 heterocycles. The highest BCUT2D eigenvalue weighted by molar-refractivity contribution is 9.10. The fraction of sp³-hybridized carbons (Fsp3) is 0.538. The second-order valence-corrected chi connectivity index (χ2v) is 5.11. The highest BCUT2D eigenvalue weighted by atomic mass is 79.9. The molecule has 102 valence electrons. The van der Waals surface area contributed by atoms with E-state index in [0.29, 0.717) is 24.7 Å². The van der Waals surface area contributed by atoms with E-state index in [4.69, 9.17) is 21.1 Å². The molecule has 0 bridgehead atoms. The highest BCUT2D eigenvalue weighted by Crippen LogP contribution is 2.23. The predicted molar refractivity (Wildman–Crippen MR) is 75.9 cm³/mol. The Morgan fingerprint density at radius 3 is 2.39 bits per heavy atom. The van der Waals surface area contributed by atoms with E-state index in [0.717, 1.165) is 10.0 Å². The Balaban J connectivity index is 2.69. The van der Waals surface area contributed by atoms with E-state index >= 15 is 0 Å². The Morgan fingerprint density at radius 2 is 1.89 bits per heavy atom. The van der Waals surface area contributed by atoms with Crippen LogP contribution < -0.4 is 0 Å². The third kappa shape index (κ3) is 4.86. The molecule has 0 saturated heterocycles. The fourth-order valence-corrected chi connectivity index (χ4v) is 2.36. The molecule has 0 radical (unpaired) electrons. The standard InChI is InChI=1S/C13H18BrClO3/c1-3-17-13(18-4-2)12(16)7-9-5-6-10(14)8-11(9)15/h5-6,8,12-13,16H,3-4,7H2,1-2H3. The number of aliphatic hydroxyl groups excluding tert-OH is 1. The molecule has 0 aliphatic rings. The van der Waals surface area contributed by atoms with Crippen molar-refractivity contribution in [2.45, 2.75) is 32.7 Å². The van der Waals surface area contributed by atoms with Crippen molar-refractivity contribution < 1.29 is 14.6 Å². The van der Waals surface area contributed by atoms with Gasteiger partial charge in [-0.1, -0.05) is 33.6 Å². The van der Waals surface area contributed by atoms with Crippen molar-refractivity contribution in [1.29, 1.82) is 0 Å². The zero-order valence-electron chi connectivity index (χ0n) is 10.5. The molecule has 3 nitrogen and oxygen atoms in total. The number of aliphatic hydroxyl groups is 1. The molecule has 1 aromatic carbocycles. The minimum absolute atomic E-state index is 0.400. The minimum Gasteiger partial charge on any atom is -0.387 e. The molecule has 0 fully saturated rings. The fourth-order valence-electron chi connectivity index (χ4n) is 1.61. The third-order valence-corrected chi connectivity index (χ3v) is 3.27. The summed E-state index contributed by atoms with van der Waals surface area (Å²) >= 11 is 9.45. The average Bonchev–Trinajstić information content (AvgIpc) is 2.32. The molecule has 0 aliphatic carbocycles. The summed E-state index contributed by atoms with van der Waals surface area (Å²) in [6, 6.07) is 5.58. The summed E-state index contributed by atoms with van der Waals surface area (Å²) in [6.45, 7) is 4.72. The molecule has 5 heteroatoms. The van der Waals surface area contributed by atoms with Gasteiger partial charge >= 0.3 is 0 Å². The molecule has 0 aliphatic heterocycles. The zero-order valence-corrected chi connectivity index (χ0v) is 12.9. The van der Waals surface area contributed by atoms with Crippen LogP contribution in [0, 0.1) is 0 Å². The monoisotopic (exact) mass is 336 g/mol. The van der Waals surface area contributed by atoms with Gasteiger partial charge < -0.3 is 14.6 Å². The van der Waals surface area contributed by atoms with E-state index in [-0.39, 0.29) is 0 Å². The van der Waals surface area contributed by atoms with Crippen LogP contribution in [0.5, 0.6) is 0 Å². The van der Waals surface area contributed by atoms with E-state index in [1.165, 1.54) is 0 Å². The molecule has 1 rings (SSSR count). The minimum atomic E-state index is -0.733. The summed E-state index contributed by atoms with van der Waals surface area (Å²) in [5.74, 6) is 0. The van der Waals surface area contributed by atoms with Gasteiger partial charge in [0.05, 0.1) is 0 Å². The van der Waals surface area contributed by atoms with Crippen LogP contribution >= 0.6 is 27.5 Å². The lowest BCUT2D eigenvalue weighted by Crippen LogP contribution is -2.33. The molecular weight excluding hydrogens is 319 g/mol. The number of hydrogen-bond donors (Lipinski definition) is 1. The van der Waals surface area contributed by atoms with Crippen molar-refractivity contribution in [3.63, 3.8) is 0 Å². The Morgan fingerprint density at radius 1 is 1.28 bits per heavy atom. The highest BCUT2D eigenvalue weighted by Gasteiger charge is 2.21. The van der Waals surface area contributed by atoms with Crippen LogP contribution in [0.1, 0.15) is 19.4 Å². The maximum absolute atomic E-state index is 10.1. The Bertz CT molecular complexity index is 367. The van der Waals surface area contributed by atoms with Crippen LogP contribution in [0.4, 0.5) is 0 Å². The lowest BCUT2D eigenvalue weighted by Gasteiger charge is -2.23. The van der Waals surface area contributed by atoms with Gasteiger partial charge in [0.25, 0.3) is 0 Å². The first kappa shape index (κ1) is 15.9. The molecule has 1 unspecified atom stereocenters. The van der Waals surface area contributed by atoms with Gasteiger partial charge in [-0.2, -0.15) is 0 Å². The van der Waals surface area contributed by atoms with Crippen LogP contribution in [0.2, 0.25) is 5.02 Å². The number of ether oxygens (including phenoxy) is 2. The van der Waals surface area contributed by atoms with Gasteiger partial charge in [0.15, 0.2) is 6.29 Å². The maximum Gasteiger partial charge on any atom is 0.183 e. The normalized spacial score (nSPS) is 13.0. The topological polar surface area (TPSA) is 38.7 Å². The number of halogens is 2. The zero-order chi connectivity index (χ0) is 13.5. The molecule has 18 heavy (non-hydrogen) atoms. The van der Waals surface area contributed by atoms with Gasteiger partial charge in [-0.3, -0.25) is 0 Å². The van der Waals surface area contributed by atoms with Crippen molar-refractivity contribution in [1.82, 2.24) is 0 Å².